The molecule has 0 bridgehead atoms. The standard InChI is InChI=1S/C36H38N6O3S2/c43-35-33(46-36(37-35)40-22-20-39(21-23-40)26-28-12-5-3-6-13-28)25-30-27-42(31-15-7-4-8-16-31)38-34(30)29-14-11-17-32(24-29)47(44,45)41-18-9-1-2-10-19-41/h3-8,11-17,24-25,27H,1-2,9-10,18-23,26H2/b33-25-. The third-order valence-corrected chi connectivity index (χ3v) is 11.8. The van der Waals surface area contributed by atoms with Crippen LogP contribution in [0.25, 0.3) is 23.0 Å². The molecule has 3 aromatic carbocycles. The van der Waals surface area contributed by atoms with Gasteiger partial charge < -0.3 is 4.90 Å². The lowest BCUT2D eigenvalue weighted by Crippen LogP contribution is -2.47. The van der Waals surface area contributed by atoms with Crippen molar-refractivity contribution in [3.8, 4) is 16.9 Å². The molecule has 242 valence electrons. The Morgan fingerprint density at radius 3 is 2.21 bits per heavy atom. The fourth-order valence-electron chi connectivity index (χ4n) is 6.28. The van der Waals surface area contributed by atoms with Crippen molar-refractivity contribution < 1.29 is 13.2 Å². The van der Waals surface area contributed by atoms with Gasteiger partial charge >= 0.3 is 0 Å². The number of piperazine rings is 1. The summed E-state index contributed by atoms with van der Waals surface area (Å²) in [6, 6.07) is 27.2. The van der Waals surface area contributed by atoms with E-state index in [1.54, 1.807) is 27.2 Å². The molecule has 0 atom stereocenters. The highest BCUT2D eigenvalue weighted by molar-refractivity contribution is 8.18. The maximum atomic E-state index is 13.7. The van der Waals surface area contributed by atoms with Crippen molar-refractivity contribution in [1.82, 2.24) is 23.9 Å². The number of nitrogens with zero attached hydrogens (tertiary/aromatic N) is 6. The molecule has 1 aromatic heterocycles. The third-order valence-electron chi connectivity index (χ3n) is 8.86. The molecule has 3 aliphatic heterocycles. The second kappa shape index (κ2) is 14.0. The van der Waals surface area contributed by atoms with Crippen molar-refractivity contribution in [3.63, 3.8) is 0 Å². The van der Waals surface area contributed by atoms with Crippen LogP contribution < -0.4 is 0 Å². The summed E-state index contributed by atoms with van der Waals surface area (Å²) in [6.07, 6.45) is 7.57. The van der Waals surface area contributed by atoms with Gasteiger partial charge in [0, 0.05) is 63.1 Å². The van der Waals surface area contributed by atoms with Gasteiger partial charge in [0.15, 0.2) is 5.17 Å². The molecule has 4 aromatic rings. The highest BCUT2D eigenvalue weighted by atomic mass is 32.2. The second-order valence-electron chi connectivity index (χ2n) is 12.1. The van der Waals surface area contributed by atoms with Crippen molar-refractivity contribution >= 4 is 38.9 Å². The average Bonchev–Trinajstić information content (AvgIpc) is 3.57. The van der Waals surface area contributed by atoms with Crippen LogP contribution in [0.4, 0.5) is 0 Å². The number of para-hydroxylation sites is 1. The largest absolute Gasteiger partial charge is 0.348 e. The summed E-state index contributed by atoms with van der Waals surface area (Å²) >= 11 is 1.39. The summed E-state index contributed by atoms with van der Waals surface area (Å²) in [5.41, 5.74) is 4.16. The topological polar surface area (TPSA) is 91.1 Å². The lowest BCUT2D eigenvalue weighted by atomic mass is 10.1. The maximum Gasteiger partial charge on any atom is 0.286 e. The fraction of sp³-hybridized carbons (Fsp3) is 0.306. The Hall–Kier alpha value is -4.03. The first-order chi connectivity index (χ1) is 22.9. The first kappa shape index (κ1) is 31.6. The minimum Gasteiger partial charge on any atom is -0.348 e. The van der Waals surface area contributed by atoms with Crippen LogP contribution in [-0.4, -0.2) is 82.6 Å². The van der Waals surface area contributed by atoms with Gasteiger partial charge in [0.2, 0.25) is 10.0 Å². The molecule has 0 spiro atoms. The van der Waals surface area contributed by atoms with Gasteiger partial charge in [-0.2, -0.15) is 14.4 Å². The summed E-state index contributed by atoms with van der Waals surface area (Å²) in [5, 5.41) is 5.63. The van der Waals surface area contributed by atoms with E-state index in [0.717, 1.165) is 74.8 Å². The SMILES string of the molecule is O=C1N=C(N2CCN(Cc3ccccc3)CC2)S/C1=C\c1cn(-c2ccccc2)nc1-c1cccc(S(=O)(=O)N2CCCCCC2)c1. The summed E-state index contributed by atoms with van der Waals surface area (Å²) in [7, 11) is -3.65. The van der Waals surface area contributed by atoms with Crippen molar-refractivity contribution in [2.45, 2.75) is 37.1 Å². The number of aliphatic imine (C=N–C) groups is 1. The molecule has 0 aliphatic carbocycles. The molecule has 3 aliphatic rings. The van der Waals surface area contributed by atoms with Crippen LogP contribution in [0.3, 0.4) is 0 Å². The molecule has 0 radical (unpaired) electrons. The Morgan fingerprint density at radius 1 is 0.787 bits per heavy atom. The number of carbonyl (C=O) groups excluding carboxylic acids is 1. The smallest absolute Gasteiger partial charge is 0.286 e. The molecule has 2 saturated heterocycles. The van der Waals surface area contributed by atoms with E-state index in [-0.39, 0.29) is 10.8 Å². The Kier molecular flexibility index (Phi) is 9.39. The monoisotopic (exact) mass is 666 g/mol. The predicted molar refractivity (Wildman–Crippen MR) is 188 cm³/mol. The zero-order valence-electron chi connectivity index (χ0n) is 26.2. The van der Waals surface area contributed by atoms with Crippen LogP contribution in [-0.2, 0) is 21.4 Å². The molecule has 11 heteroatoms. The molecule has 9 nitrogen and oxygen atoms in total. The van der Waals surface area contributed by atoms with E-state index in [0.29, 0.717) is 29.3 Å². The lowest BCUT2D eigenvalue weighted by molar-refractivity contribution is -0.113. The minimum absolute atomic E-state index is 0.258. The Balaban J connectivity index is 1.14. The number of sulfonamides is 1. The number of amidine groups is 1. The fourth-order valence-corrected chi connectivity index (χ4v) is 8.80. The molecular weight excluding hydrogens is 629 g/mol. The van der Waals surface area contributed by atoms with E-state index in [1.165, 1.54) is 17.3 Å². The van der Waals surface area contributed by atoms with E-state index < -0.39 is 10.0 Å². The number of benzene rings is 3. The zero-order chi connectivity index (χ0) is 32.2. The summed E-state index contributed by atoms with van der Waals surface area (Å²) in [6.45, 7) is 5.38. The van der Waals surface area contributed by atoms with Crippen LogP contribution in [0.5, 0.6) is 0 Å². The number of carbonyl (C=O) groups is 1. The van der Waals surface area contributed by atoms with Crippen LogP contribution >= 0.6 is 11.8 Å². The molecule has 0 unspecified atom stereocenters. The highest BCUT2D eigenvalue weighted by Crippen LogP contribution is 2.34. The van der Waals surface area contributed by atoms with E-state index in [2.05, 4.69) is 39.1 Å². The third kappa shape index (κ3) is 7.13. The van der Waals surface area contributed by atoms with Gasteiger partial charge in [0.25, 0.3) is 5.91 Å². The van der Waals surface area contributed by atoms with Crippen molar-refractivity contribution in [1.29, 1.82) is 0 Å². The van der Waals surface area contributed by atoms with E-state index in [1.807, 2.05) is 54.7 Å². The van der Waals surface area contributed by atoms with Gasteiger partial charge in [-0.15, -0.1) is 0 Å². The van der Waals surface area contributed by atoms with Crippen LogP contribution in [0.2, 0.25) is 0 Å². The molecule has 2 fully saturated rings. The molecule has 0 saturated carbocycles. The van der Waals surface area contributed by atoms with Crippen molar-refractivity contribution in [2.24, 2.45) is 4.99 Å². The Morgan fingerprint density at radius 2 is 1.49 bits per heavy atom. The summed E-state index contributed by atoms with van der Waals surface area (Å²) in [5.74, 6) is -0.271. The molecule has 47 heavy (non-hydrogen) atoms. The van der Waals surface area contributed by atoms with E-state index in [4.69, 9.17) is 5.10 Å². The first-order valence-electron chi connectivity index (χ1n) is 16.2. The predicted octanol–water partition coefficient (Wildman–Crippen LogP) is 5.89. The first-order valence-corrected chi connectivity index (χ1v) is 18.5. The average molecular weight is 667 g/mol. The van der Waals surface area contributed by atoms with E-state index in [9.17, 15) is 13.2 Å². The van der Waals surface area contributed by atoms with Gasteiger partial charge in [-0.25, -0.2) is 13.1 Å². The number of amides is 1. The highest BCUT2D eigenvalue weighted by Gasteiger charge is 2.30. The molecule has 7 rings (SSSR count). The summed E-state index contributed by atoms with van der Waals surface area (Å²) < 4.78 is 30.7. The molecule has 0 N–H and O–H groups in total. The van der Waals surface area contributed by atoms with Gasteiger partial charge in [0.1, 0.15) is 5.69 Å². The molecule has 4 heterocycles. The Labute approximate surface area is 280 Å². The number of aromatic nitrogens is 2. The number of rotatable bonds is 7. The maximum absolute atomic E-state index is 13.7. The van der Waals surface area contributed by atoms with Crippen LogP contribution in [0.1, 0.15) is 36.8 Å². The van der Waals surface area contributed by atoms with Crippen LogP contribution in [0.15, 0.2) is 106 Å². The van der Waals surface area contributed by atoms with Gasteiger partial charge in [0.05, 0.1) is 15.5 Å². The number of hydrogen-bond donors (Lipinski definition) is 0. The number of hydrogen-bond acceptors (Lipinski definition) is 7. The molecular formula is C36H38N6O3S2. The quantitative estimate of drug-likeness (QED) is 0.227. The number of thioether (sulfide) groups is 1. The lowest BCUT2D eigenvalue weighted by Gasteiger charge is -2.35. The van der Waals surface area contributed by atoms with Gasteiger partial charge in [-0.1, -0.05) is 73.5 Å². The van der Waals surface area contributed by atoms with Crippen molar-refractivity contribution in [3.05, 3.63) is 107 Å². The zero-order valence-corrected chi connectivity index (χ0v) is 27.9. The van der Waals surface area contributed by atoms with E-state index >= 15 is 0 Å². The van der Waals surface area contributed by atoms with Gasteiger partial charge in [-0.3, -0.25) is 9.69 Å². The van der Waals surface area contributed by atoms with Gasteiger partial charge in [-0.05, 0) is 60.5 Å². The summed E-state index contributed by atoms with van der Waals surface area (Å²) in [4.78, 5) is 23.1. The minimum atomic E-state index is -3.65. The van der Waals surface area contributed by atoms with Crippen molar-refractivity contribution in [2.75, 3.05) is 39.3 Å². The second-order valence-corrected chi connectivity index (χ2v) is 15.1. The normalized spacial score (nSPS) is 19.2. The molecule has 1 amide bonds. The Bertz CT molecular complexity index is 1890. The van der Waals surface area contributed by atoms with Crippen LogP contribution in [0, 0.1) is 0 Å².